The second-order valence-electron chi connectivity index (χ2n) is 5.60. The summed E-state index contributed by atoms with van der Waals surface area (Å²) in [6, 6.07) is 5.23. The number of carboxylic acids is 1. The van der Waals surface area contributed by atoms with Crippen molar-refractivity contribution in [2.45, 2.75) is 18.9 Å². The molecular formula is C16H21FN2O2. The highest BCUT2D eigenvalue weighted by atomic mass is 19.1. The highest BCUT2D eigenvalue weighted by Gasteiger charge is 2.27. The number of halogens is 1. The molecule has 1 heterocycles. The van der Waals surface area contributed by atoms with E-state index in [4.69, 9.17) is 5.11 Å². The number of anilines is 1. The molecule has 4 nitrogen and oxygen atoms in total. The van der Waals surface area contributed by atoms with E-state index in [0.29, 0.717) is 11.6 Å². The quantitative estimate of drug-likeness (QED) is 0.847. The lowest BCUT2D eigenvalue weighted by Gasteiger charge is -2.30. The number of carboxylic acid groups (broad SMARTS) is 1. The zero-order valence-electron chi connectivity index (χ0n) is 12.4. The maximum absolute atomic E-state index is 14.1. The Morgan fingerprint density at radius 2 is 2.29 bits per heavy atom. The number of rotatable bonds is 5. The molecule has 1 aliphatic heterocycles. The third kappa shape index (κ3) is 3.82. The van der Waals surface area contributed by atoms with E-state index in [0.717, 1.165) is 37.7 Å². The van der Waals surface area contributed by atoms with Gasteiger partial charge in [-0.2, -0.15) is 0 Å². The summed E-state index contributed by atoms with van der Waals surface area (Å²) in [5.41, 5.74) is 1.13. The van der Waals surface area contributed by atoms with Gasteiger partial charge >= 0.3 is 5.97 Å². The normalized spacial score (nSPS) is 18.9. The molecule has 21 heavy (non-hydrogen) atoms. The molecule has 1 atom stereocenters. The molecule has 1 saturated heterocycles. The van der Waals surface area contributed by atoms with Gasteiger partial charge in [0, 0.05) is 36.5 Å². The fourth-order valence-corrected chi connectivity index (χ4v) is 2.86. The molecule has 1 N–H and O–H groups in total. The Hall–Kier alpha value is -1.88. The Morgan fingerprint density at radius 3 is 2.95 bits per heavy atom. The smallest absolute Gasteiger partial charge is 0.328 e. The van der Waals surface area contributed by atoms with Crippen LogP contribution < -0.4 is 4.90 Å². The first-order chi connectivity index (χ1) is 9.99. The lowest BCUT2D eigenvalue weighted by Crippen LogP contribution is -2.38. The molecule has 1 unspecified atom stereocenters. The third-order valence-corrected chi connectivity index (χ3v) is 3.68. The fraction of sp³-hybridized carbons (Fsp3) is 0.438. The van der Waals surface area contributed by atoms with Crippen LogP contribution in [0.5, 0.6) is 0 Å². The van der Waals surface area contributed by atoms with Gasteiger partial charge in [-0.3, -0.25) is 0 Å². The Bertz CT molecular complexity index is 543. The van der Waals surface area contributed by atoms with Crippen LogP contribution in [-0.4, -0.2) is 49.2 Å². The highest BCUT2D eigenvalue weighted by Crippen LogP contribution is 2.31. The van der Waals surface area contributed by atoms with Crippen LogP contribution in [0.3, 0.4) is 0 Å². The van der Waals surface area contributed by atoms with Crippen molar-refractivity contribution < 1.29 is 14.3 Å². The first-order valence-electron chi connectivity index (χ1n) is 7.10. The van der Waals surface area contributed by atoms with Gasteiger partial charge in [-0.05, 0) is 45.1 Å². The van der Waals surface area contributed by atoms with Crippen molar-refractivity contribution >= 4 is 17.7 Å². The molecular weight excluding hydrogens is 271 g/mol. The summed E-state index contributed by atoms with van der Waals surface area (Å²) >= 11 is 0. The highest BCUT2D eigenvalue weighted by molar-refractivity contribution is 5.87. The summed E-state index contributed by atoms with van der Waals surface area (Å²) in [7, 11) is 4.04. The number of hydrogen-bond acceptors (Lipinski definition) is 3. The summed E-state index contributed by atoms with van der Waals surface area (Å²) in [5.74, 6) is -1.46. The van der Waals surface area contributed by atoms with Crippen molar-refractivity contribution in [3.05, 3.63) is 35.7 Å². The summed E-state index contributed by atoms with van der Waals surface area (Å²) in [6.45, 7) is 1.77. The van der Waals surface area contributed by atoms with E-state index in [9.17, 15) is 9.18 Å². The van der Waals surface area contributed by atoms with Crippen molar-refractivity contribution in [2.24, 2.45) is 0 Å². The molecule has 1 aliphatic rings. The molecule has 5 heteroatoms. The van der Waals surface area contributed by atoms with Crippen molar-refractivity contribution in [3.8, 4) is 0 Å². The second-order valence-corrected chi connectivity index (χ2v) is 5.60. The minimum Gasteiger partial charge on any atom is -0.478 e. The van der Waals surface area contributed by atoms with Crippen LogP contribution in [0.25, 0.3) is 6.08 Å². The van der Waals surface area contributed by atoms with E-state index >= 15 is 0 Å². The molecule has 0 bridgehead atoms. The molecule has 0 amide bonds. The molecule has 0 saturated carbocycles. The molecule has 0 spiro atoms. The van der Waals surface area contributed by atoms with E-state index in [1.807, 2.05) is 20.2 Å². The predicted molar refractivity (Wildman–Crippen MR) is 82.0 cm³/mol. The SMILES string of the molecule is CN(C)CC1CCCN1c1cccc(F)c1/C=C/C(=O)O. The first kappa shape index (κ1) is 15.5. The van der Waals surface area contributed by atoms with E-state index < -0.39 is 5.97 Å². The number of nitrogens with zero attached hydrogens (tertiary/aromatic N) is 2. The summed E-state index contributed by atoms with van der Waals surface area (Å²) in [6.07, 6.45) is 4.46. The van der Waals surface area contributed by atoms with Gasteiger partial charge in [-0.15, -0.1) is 0 Å². The van der Waals surface area contributed by atoms with Crippen LogP contribution >= 0.6 is 0 Å². The molecule has 0 radical (unpaired) electrons. The Labute approximate surface area is 124 Å². The third-order valence-electron chi connectivity index (χ3n) is 3.68. The number of aliphatic carboxylic acids is 1. The fourth-order valence-electron chi connectivity index (χ4n) is 2.86. The zero-order chi connectivity index (χ0) is 15.4. The Morgan fingerprint density at radius 1 is 1.52 bits per heavy atom. The summed E-state index contributed by atoms with van der Waals surface area (Å²) < 4.78 is 14.1. The van der Waals surface area contributed by atoms with Crippen molar-refractivity contribution in [1.29, 1.82) is 0 Å². The van der Waals surface area contributed by atoms with Gasteiger partial charge in [-0.25, -0.2) is 9.18 Å². The van der Waals surface area contributed by atoms with E-state index in [2.05, 4.69) is 9.80 Å². The maximum atomic E-state index is 14.1. The summed E-state index contributed by atoms with van der Waals surface area (Å²) in [5, 5.41) is 8.76. The van der Waals surface area contributed by atoms with E-state index in [-0.39, 0.29) is 5.82 Å². The topological polar surface area (TPSA) is 43.8 Å². The van der Waals surface area contributed by atoms with Crippen LogP contribution in [0.1, 0.15) is 18.4 Å². The van der Waals surface area contributed by atoms with Crippen LogP contribution in [-0.2, 0) is 4.79 Å². The standard InChI is InChI=1S/C16H21FN2O2/c1-18(2)11-12-5-4-10-19(12)15-7-3-6-14(17)13(15)8-9-16(20)21/h3,6-9,12H,4-5,10-11H2,1-2H3,(H,20,21)/b9-8+. The predicted octanol–water partition coefficient (Wildman–Crippen LogP) is 2.45. The Balaban J connectivity index is 2.34. The van der Waals surface area contributed by atoms with E-state index in [1.165, 1.54) is 12.1 Å². The van der Waals surface area contributed by atoms with Gasteiger partial charge in [0.25, 0.3) is 0 Å². The molecule has 0 aromatic heterocycles. The van der Waals surface area contributed by atoms with Crippen molar-refractivity contribution in [1.82, 2.24) is 4.90 Å². The first-order valence-corrected chi connectivity index (χ1v) is 7.10. The number of hydrogen-bond donors (Lipinski definition) is 1. The molecule has 1 aromatic carbocycles. The minimum absolute atomic E-state index is 0.332. The van der Waals surface area contributed by atoms with Crippen LogP contribution in [0, 0.1) is 5.82 Å². The average molecular weight is 292 g/mol. The van der Waals surface area contributed by atoms with Crippen LogP contribution in [0.2, 0.25) is 0 Å². The number of likely N-dealkylation sites (N-methyl/N-ethyl adjacent to an activating group) is 1. The van der Waals surface area contributed by atoms with Gasteiger partial charge in [0.05, 0.1) is 0 Å². The molecule has 114 valence electrons. The van der Waals surface area contributed by atoms with Gasteiger partial charge in [-0.1, -0.05) is 6.07 Å². The monoisotopic (exact) mass is 292 g/mol. The van der Waals surface area contributed by atoms with Crippen LogP contribution in [0.15, 0.2) is 24.3 Å². The average Bonchev–Trinajstić information content (AvgIpc) is 2.84. The van der Waals surface area contributed by atoms with Gasteiger partial charge in [0.1, 0.15) is 5.82 Å². The Kier molecular flexibility index (Phi) is 4.96. The maximum Gasteiger partial charge on any atom is 0.328 e. The lowest BCUT2D eigenvalue weighted by molar-refractivity contribution is -0.131. The molecule has 1 fully saturated rings. The van der Waals surface area contributed by atoms with Crippen molar-refractivity contribution in [2.75, 3.05) is 32.1 Å². The number of benzene rings is 1. The lowest BCUT2D eigenvalue weighted by atomic mass is 10.1. The molecule has 0 aliphatic carbocycles. The number of carbonyl (C=O) groups is 1. The van der Waals surface area contributed by atoms with E-state index in [1.54, 1.807) is 6.07 Å². The second kappa shape index (κ2) is 6.72. The van der Waals surface area contributed by atoms with Gasteiger partial charge < -0.3 is 14.9 Å². The van der Waals surface area contributed by atoms with Crippen molar-refractivity contribution in [3.63, 3.8) is 0 Å². The minimum atomic E-state index is -1.07. The molecule has 2 rings (SSSR count). The summed E-state index contributed by atoms with van der Waals surface area (Å²) in [4.78, 5) is 15.0. The van der Waals surface area contributed by atoms with Gasteiger partial charge in [0.2, 0.25) is 0 Å². The largest absolute Gasteiger partial charge is 0.478 e. The van der Waals surface area contributed by atoms with Gasteiger partial charge in [0.15, 0.2) is 0 Å². The zero-order valence-corrected chi connectivity index (χ0v) is 12.4. The van der Waals surface area contributed by atoms with Crippen LogP contribution in [0.4, 0.5) is 10.1 Å². The molecule has 1 aromatic rings.